The Kier molecular flexibility index (Phi) is 8.77. The fourth-order valence-electron chi connectivity index (χ4n) is 1.21. The zero-order chi connectivity index (χ0) is 12.4. The number of piperazine rings is 1. The molecule has 98 valence electrons. The first-order chi connectivity index (χ1) is 7.49. The van der Waals surface area contributed by atoms with Crippen molar-refractivity contribution in [2.24, 2.45) is 0 Å². The number of nitrogens with zero attached hydrogens (tertiary/aromatic N) is 1. The molecule has 7 heteroatoms. The molecule has 1 aliphatic rings. The van der Waals surface area contributed by atoms with E-state index in [2.05, 4.69) is 5.32 Å². The highest BCUT2D eigenvalue weighted by Crippen LogP contribution is 1.91. The van der Waals surface area contributed by atoms with E-state index in [4.69, 9.17) is 9.39 Å². The van der Waals surface area contributed by atoms with Crippen LogP contribution in [0.2, 0.25) is 0 Å². The van der Waals surface area contributed by atoms with Gasteiger partial charge < -0.3 is 5.32 Å². The van der Waals surface area contributed by atoms with Crippen molar-refractivity contribution >= 4 is 10.1 Å². The first-order valence-electron chi connectivity index (χ1n) is 5.53. The molecule has 0 atom stereocenters. The van der Waals surface area contributed by atoms with Gasteiger partial charge in [-0.05, 0) is 13.3 Å². The van der Waals surface area contributed by atoms with Gasteiger partial charge in [-0.15, -0.1) is 0 Å². The standard InChI is InChI=1S/C6H14N2O.C3H8O3S/c1-2-9-8-5-3-7-4-6-8;1-2-3-7(4,5)6/h7H,2-6H2,1H3;2-3H2,1H3,(H,4,5,6). The minimum Gasteiger partial charge on any atom is -0.314 e. The molecule has 6 nitrogen and oxygen atoms in total. The van der Waals surface area contributed by atoms with Crippen LogP contribution in [0.3, 0.4) is 0 Å². The number of rotatable bonds is 4. The molecule has 16 heavy (non-hydrogen) atoms. The van der Waals surface area contributed by atoms with Gasteiger partial charge in [-0.3, -0.25) is 9.39 Å². The van der Waals surface area contributed by atoms with E-state index in [1.54, 1.807) is 6.92 Å². The zero-order valence-electron chi connectivity index (χ0n) is 9.98. The second-order valence-corrected chi connectivity index (χ2v) is 4.95. The smallest absolute Gasteiger partial charge is 0.264 e. The molecule has 0 aromatic rings. The van der Waals surface area contributed by atoms with Crippen LogP contribution >= 0.6 is 0 Å². The maximum Gasteiger partial charge on any atom is 0.264 e. The third-order valence-electron chi connectivity index (χ3n) is 1.85. The topological polar surface area (TPSA) is 78.9 Å². The summed E-state index contributed by atoms with van der Waals surface area (Å²) in [6, 6.07) is 0. The van der Waals surface area contributed by atoms with Gasteiger partial charge in [0.25, 0.3) is 10.1 Å². The molecule has 0 aliphatic carbocycles. The molecule has 1 saturated heterocycles. The second kappa shape index (κ2) is 8.89. The minimum atomic E-state index is -3.67. The number of hydroxylamine groups is 2. The lowest BCUT2D eigenvalue weighted by molar-refractivity contribution is -0.159. The van der Waals surface area contributed by atoms with Crippen molar-refractivity contribution in [1.29, 1.82) is 0 Å². The van der Waals surface area contributed by atoms with E-state index in [0.29, 0.717) is 6.42 Å². The Labute approximate surface area is 97.7 Å². The van der Waals surface area contributed by atoms with Crippen LogP contribution in [-0.2, 0) is 15.0 Å². The van der Waals surface area contributed by atoms with E-state index in [1.165, 1.54) is 0 Å². The van der Waals surface area contributed by atoms with Gasteiger partial charge in [0, 0.05) is 26.2 Å². The van der Waals surface area contributed by atoms with Crippen LogP contribution in [-0.4, -0.2) is 56.6 Å². The SMILES string of the molecule is CCCS(=O)(=O)O.CCON1CCNCC1. The number of nitrogens with one attached hydrogen (secondary N) is 1. The predicted octanol–water partition coefficient (Wildman–Crippen LogP) is 0.127. The summed E-state index contributed by atoms with van der Waals surface area (Å²) in [6.07, 6.45) is 0.471. The van der Waals surface area contributed by atoms with Gasteiger partial charge in [0.05, 0.1) is 12.4 Å². The molecule has 0 radical (unpaired) electrons. The highest BCUT2D eigenvalue weighted by molar-refractivity contribution is 7.85. The summed E-state index contributed by atoms with van der Waals surface area (Å²) < 4.78 is 27.6. The van der Waals surface area contributed by atoms with Gasteiger partial charge in [0.1, 0.15) is 0 Å². The summed E-state index contributed by atoms with van der Waals surface area (Å²) >= 11 is 0. The molecule has 0 bridgehead atoms. The van der Waals surface area contributed by atoms with Gasteiger partial charge in [-0.25, -0.2) is 0 Å². The quantitative estimate of drug-likeness (QED) is 0.694. The molecule has 0 aromatic carbocycles. The Hall–Kier alpha value is -0.210. The number of hydrogen-bond acceptors (Lipinski definition) is 5. The Morgan fingerprint density at radius 2 is 1.88 bits per heavy atom. The first-order valence-corrected chi connectivity index (χ1v) is 7.14. The maximum absolute atomic E-state index is 9.79. The van der Waals surface area contributed by atoms with E-state index in [0.717, 1.165) is 32.8 Å². The zero-order valence-corrected chi connectivity index (χ0v) is 10.8. The van der Waals surface area contributed by atoms with E-state index in [9.17, 15) is 8.42 Å². The van der Waals surface area contributed by atoms with Crippen molar-refractivity contribution in [1.82, 2.24) is 10.4 Å². The Bertz CT molecular complexity index is 247. The highest BCUT2D eigenvalue weighted by atomic mass is 32.2. The van der Waals surface area contributed by atoms with E-state index >= 15 is 0 Å². The average Bonchev–Trinajstić information content (AvgIpc) is 2.19. The van der Waals surface area contributed by atoms with Gasteiger partial charge in [-0.2, -0.15) is 13.5 Å². The van der Waals surface area contributed by atoms with Crippen LogP contribution in [0, 0.1) is 0 Å². The van der Waals surface area contributed by atoms with Crippen molar-refractivity contribution in [3.05, 3.63) is 0 Å². The first kappa shape index (κ1) is 15.8. The summed E-state index contributed by atoms with van der Waals surface area (Å²) in [7, 11) is -3.67. The lowest BCUT2D eigenvalue weighted by Gasteiger charge is -2.25. The van der Waals surface area contributed by atoms with Crippen LogP contribution in [0.15, 0.2) is 0 Å². The summed E-state index contributed by atoms with van der Waals surface area (Å²) in [6.45, 7) is 8.65. The summed E-state index contributed by atoms with van der Waals surface area (Å²) in [5.41, 5.74) is 0. The molecular formula is C9H22N2O4S. The van der Waals surface area contributed by atoms with Crippen LogP contribution < -0.4 is 5.32 Å². The van der Waals surface area contributed by atoms with Gasteiger partial charge >= 0.3 is 0 Å². The Morgan fingerprint density at radius 1 is 1.31 bits per heavy atom. The molecule has 2 N–H and O–H groups in total. The van der Waals surface area contributed by atoms with E-state index in [-0.39, 0.29) is 5.75 Å². The molecule has 0 unspecified atom stereocenters. The van der Waals surface area contributed by atoms with Crippen LogP contribution in [0.5, 0.6) is 0 Å². The predicted molar refractivity (Wildman–Crippen MR) is 62.8 cm³/mol. The van der Waals surface area contributed by atoms with Gasteiger partial charge in [-0.1, -0.05) is 6.92 Å². The molecule has 0 spiro atoms. The van der Waals surface area contributed by atoms with E-state index < -0.39 is 10.1 Å². The van der Waals surface area contributed by atoms with Crippen molar-refractivity contribution in [3.8, 4) is 0 Å². The normalized spacial score (nSPS) is 17.7. The van der Waals surface area contributed by atoms with Crippen molar-refractivity contribution in [3.63, 3.8) is 0 Å². The molecular weight excluding hydrogens is 232 g/mol. The maximum atomic E-state index is 9.79. The van der Waals surface area contributed by atoms with Crippen molar-refractivity contribution in [2.75, 3.05) is 38.5 Å². The second-order valence-electron chi connectivity index (χ2n) is 3.38. The number of hydrogen-bond donors (Lipinski definition) is 2. The minimum absolute atomic E-state index is 0.132. The summed E-state index contributed by atoms with van der Waals surface area (Å²) in [4.78, 5) is 5.28. The van der Waals surface area contributed by atoms with Crippen molar-refractivity contribution in [2.45, 2.75) is 20.3 Å². The third kappa shape index (κ3) is 10.3. The molecule has 1 rings (SSSR count). The monoisotopic (exact) mass is 254 g/mol. The average molecular weight is 254 g/mol. The third-order valence-corrected chi connectivity index (χ3v) is 2.77. The molecule has 1 aliphatic heterocycles. The Morgan fingerprint density at radius 3 is 2.19 bits per heavy atom. The lowest BCUT2D eigenvalue weighted by Crippen LogP contribution is -2.43. The van der Waals surface area contributed by atoms with Gasteiger partial charge in [0.2, 0.25) is 0 Å². The summed E-state index contributed by atoms with van der Waals surface area (Å²) in [5, 5.41) is 5.26. The molecule has 0 saturated carbocycles. The largest absolute Gasteiger partial charge is 0.314 e. The lowest BCUT2D eigenvalue weighted by atomic mass is 10.4. The fourth-order valence-corrected chi connectivity index (χ4v) is 1.73. The highest BCUT2D eigenvalue weighted by Gasteiger charge is 2.07. The van der Waals surface area contributed by atoms with Crippen LogP contribution in [0.4, 0.5) is 0 Å². The molecule has 0 aromatic heterocycles. The molecule has 0 amide bonds. The Balaban J connectivity index is 0.000000293. The van der Waals surface area contributed by atoms with Crippen LogP contribution in [0.25, 0.3) is 0 Å². The van der Waals surface area contributed by atoms with Crippen molar-refractivity contribution < 1.29 is 17.8 Å². The molecule has 1 fully saturated rings. The fraction of sp³-hybridized carbons (Fsp3) is 1.00. The van der Waals surface area contributed by atoms with E-state index in [1.807, 2.05) is 12.0 Å². The van der Waals surface area contributed by atoms with Gasteiger partial charge in [0.15, 0.2) is 0 Å². The van der Waals surface area contributed by atoms with Crippen LogP contribution in [0.1, 0.15) is 20.3 Å². The summed E-state index contributed by atoms with van der Waals surface area (Å²) in [5.74, 6) is -0.132. The molecule has 1 heterocycles.